The SMILES string of the molecule is CCCn1nc(C)c(N)c1OCCCO. The quantitative estimate of drug-likeness (QED) is 0.690. The number of aryl methyl sites for hydroxylation is 2. The molecule has 0 amide bonds. The highest BCUT2D eigenvalue weighted by atomic mass is 16.5. The first-order valence-electron chi connectivity index (χ1n) is 5.27. The minimum absolute atomic E-state index is 0.126. The largest absolute Gasteiger partial charge is 0.476 e. The summed E-state index contributed by atoms with van der Waals surface area (Å²) in [5.74, 6) is 0.628. The first-order chi connectivity index (χ1) is 7.20. The molecule has 0 aliphatic carbocycles. The molecule has 0 fully saturated rings. The summed E-state index contributed by atoms with van der Waals surface area (Å²) in [6.07, 6.45) is 1.59. The van der Waals surface area contributed by atoms with E-state index in [4.69, 9.17) is 15.6 Å². The lowest BCUT2D eigenvalue weighted by Gasteiger charge is -2.08. The molecule has 0 aliphatic rings. The van der Waals surface area contributed by atoms with Gasteiger partial charge in [0.1, 0.15) is 5.69 Å². The summed E-state index contributed by atoms with van der Waals surface area (Å²) in [5.41, 5.74) is 7.24. The third-order valence-electron chi connectivity index (χ3n) is 2.10. The van der Waals surface area contributed by atoms with E-state index in [0.717, 1.165) is 18.7 Å². The van der Waals surface area contributed by atoms with Gasteiger partial charge < -0.3 is 15.6 Å². The Balaban J connectivity index is 2.73. The van der Waals surface area contributed by atoms with Crippen LogP contribution in [0.2, 0.25) is 0 Å². The zero-order valence-corrected chi connectivity index (χ0v) is 9.36. The fraction of sp³-hybridized carbons (Fsp3) is 0.700. The van der Waals surface area contributed by atoms with Gasteiger partial charge in [-0.25, -0.2) is 4.68 Å². The topological polar surface area (TPSA) is 73.3 Å². The van der Waals surface area contributed by atoms with E-state index in [0.29, 0.717) is 24.6 Å². The average molecular weight is 213 g/mol. The first kappa shape index (κ1) is 11.8. The van der Waals surface area contributed by atoms with Crippen LogP contribution in [0.4, 0.5) is 5.69 Å². The number of nitrogen functional groups attached to an aromatic ring is 1. The molecule has 1 rings (SSSR count). The molecule has 86 valence electrons. The van der Waals surface area contributed by atoms with Gasteiger partial charge in [0.2, 0.25) is 5.88 Å². The lowest BCUT2D eigenvalue weighted by Crippen LogP contribution is -2.08. The number of rotatable bonds is 6. The van der Waals surface area contributed by atoms with Crippen LogP contribution in [0.3, 0.4) is 0 Å². The first-order valence-corrected chi connectivity index (χ1v) is 5.27. The molecule has 1 aromatic rings. The Morgan fingerprint density at radius 1 is 1.53 bits per heavy atom. The normalized spacial score (nSPS) is 10.6. The number of hydrogen-bond acceptors (Lipinski definition) is 4. The van der Waals surface area contributed by atoms with Crippen molar-refractivity contribution < 1.29 is 9.84 Å². The van der Waals surface area contributed by atoms with Crippen LogP contribution in [-0.4, -0.2) is 28.1 Å². The third kappa shape index (κ3) is 2.86. The predicted octanol–water partition coefficient (Wildman–Crippen LogP) is 0.945. The van der Waals surface area contributed by atoms with Crippen LogP contribution in [0.5, 0.6) is 5.88 Å². The van der Waals surface area contributed by atoms with E-state index < -0.39 is 0 Å². The number of aliphatic hydroxyl groups excluding tert-OH is 1. The van der Waals surface area contributed by atoms with Crippen molar-refractivity contribution in [3.63, 3.8) is 0 Å². The monoisotopic (exact) mass is 213 g/mol. The number of nitrogens with two attached hydrogens (primary N) is 1. The van der Waals surface area contributed by atoms with Gasteiger partial charge in [-0.1, -0.05) is 6.92 Å². The maximum atomic E-state index is 8.66. The fourth-order valence-electron chi connectivity index (χ4n) is 1.32. The standard InChI is InChI=1S/C10H19N3O2/c1-3-5-13-10(15-7-4-6-14)9(11)8(2)12-13/h14H,3-7,11H2,1-2H3. The predicted molar refractivity (Wildman–Crippen MR) is 58.9 cm³/mol. The van der Waals surface area contributed by atoms with Crippen LogP contribution in [0, 0.1) is 6.92 Å². The Labute approximate surface area is 89.8 Å². The highest BCUT2D eigenvalue weighted by Crippen LogP contribution is 2.25. The Kier molecular flexibility index (Phi) is 4.42. The van der Waals surface area contributed by atoms with Crippen molar-refractivity contribution in [3.05, 3.63) is 5.69 Å². The summed E-state index contributed by atoms with van der Waals surface area (Å²) >= 11 is 0. The molecule has 1 aromatic heterocycles. The highest BCUT2D eigenvalue weighted by molar-refractivity contribution is 5.52. The highest BCUT2D eigenvalue weighted by Gasteiger charge is 2.12. The molecule has 0 saturated carbocycles. The molecule has 5 nitrogen and oxygen atoms in total. The van der Waals surface area contributed by atoms with Gasteiger partial charge in [0.05, 0.1) is 12.3 Å². The summed E-state index contributed by atoms with van der Waals surface area (Å²) in [6.45, 7) is 5.33. The second kappa shape index (κ2) is 5.60. The van der Waals surface area contributed by atoms with Gasteiger partial charge in [-0.05, 0) is 13.3 Å². The van der Waals surface area contributed by atoms with Crippen LogP contribution in [-0.2, 0) is 6.54 Å². The molecule has 0 unspecified atom stereocenters. The molecule has 0 aliphatic heterocycles. The molecule has 3 N–H and O–H groups in total. The molecule has 0 spiro atoms. The maximum absolute atomic E-state index is 8.66. The molecular weight excluding hydrogens is 194 g/mol. The van der Waals surface area contributed by atoms with Gasteiger partial charge in [0.15, 0.2) is 0 Å². The Morgan fingerprint density at radius 3 is 2.87 bits per heavy atom. The van der Waals surface area contributed by atoms with E-state index in [9.17, 15) is 0 Å². The lowest BCUT2D eigenvalue weighted by atomic mass is 10.4. The van der Waals surface area contributed by atoms with Gasteiger partial charge in [0, 0.05) is 19.6 Å². The van der Waals surface area contributed by atoms with Gasteiger partial charge >= 0.3 is 0 Å². The molecule has 15 heavy (non-hydrogen) atoms. The summed E-state index contributed by atoms with van der Waals surface area (Å²) in [7, 11) is 0. The summed E-state index contributed by atoms with van der Waals surface area (Å²) < 4.78 is 7.28. The number of hydrogen-bond donors (Lipinski definition) is 2. The number of aromatic nitrogens is 2. The van der Waals surface area contributed by atoms with Gasteiger partial charge in [-0.2, -0.15) is 5.10 Å². The average Bonchev–Trinajstić information content (AvgIpc) is 2.47. The van der Waals surface area contributed by atoms with Gasteiger partial charge in [-0.3, -0.25) is 0 Å². The molecule has 1 heterocycles. The third-order valence-corrected chi connectivity index (χ3v) is 2.10. The second-order valence-corrected chi connectivity index (χ2v) is 3.45. The maximum Gasteiger partial charge on any atom is 0.236 e. The van der Waals surface area contributed by atoms with Gasteiger partial charge in [-0.15, -0.1) is 0 Å². The molecular formula is C10H19N3O2. The lowest BCUT2D eigenvalue weighted by molar-refractivity contribution is 0.222. The summed E-state index contributed by atoms with van der Waals surface area (Å²) in [4.78, 5) is 0. The Hall–Kier alpha value is -1.23. The van der Waals surface area contributed by atoms with E-state index in [2.05, 4.69) is 12.0 Å². The van der Waals surface area contributed by atoms with Crippen molar-refractivity contribution >= 4 is 5.69 Å². The second-order valence-electron chi connectivity index (χ2n) is 3.45. The molecule has 0 radical (unpaired) electrons. The number of aliphatic hydroxyl groups is 1. The summed E-state index contributed by atoms with van der Waals surface area (Å²) in [6, 6.07) is 0. The van der Waals surface area contributed by atoms with E-state index in [1.54, 1.807) is 4.68 Å². The van der Waals surface area contributed by atoms with E-state index in [1.165, 1.54) is 0 Å². The molecule has 0 aromatic carbocycles. The van der Waals surface area contributed by atoms with Crippen molar-refractivity contribution in [3.8, 4) is 5.88 Å². The van der Waals surface area contributed by atoms with Crippen LogP contribution < -0.4 is 10.5 Å². The fourth-order valence-corrected chi connectivity index (χ4v) is 1.32. The van der Waals surface area contributed by atoms with Crippen molar-refractivity contribution in [2.24, 2.45) is 0 Å². The number of ether oxygens (including phenoxy) is 1. The Bertz CT molecular complexity index is 310. The number of anilines is 1. The van der Waals surface area contributed by atoms with E-state index >= 15 is 0 Å². The van der Waals surface area contributed by atoms with Crippen LogP contribution in [0.25, 0.3) is 0 Å². The molecule has 0 atom stereocenters. The van der Waals surface area contributed by atoms with E-state index in [1.807, 2.05) is 6.92 Å². The smallest absolute Gasteiger partial charge is 0.236 e. The summed E-state index contributed by atoms with van der Waals surface area (Å²) in [5, 5.41) is 12.9. The van der Waals surface area contributed by atoms with Crippen molar-refractivity contribution in [2.45, 2.75) is 33.2 Å². The van der Waals surface area contributed by atoms with Crippen LogP contribution in [0.15, 0.2) is 0 Å². The molecule has 0 saturated heterocycles. The van der Waals surface area contributed by atoms with Crippen molar-refractivity contribution in [1.29, 1.82) is 0 Å². The molecule has 5 heteroatoms. The number of nitrogens with zero attached hydrogens (tertiary/aromatic N) is 2. The zero-order valence-electron chi connectivity index (χ0n) is 9.36. The van der Waals surface area contributed by atoms with Crippen LogP contribution >= 0.6 is 0 Å². The minimum Gasteiger partial charge on any atom is -0.476 e. The minimum atomic E-state index is 0.126. The van der Waals surface area contributed by atoms with Crippen molar-refractivity contribution in [2.75, 3.05) is 18.9 Å². The zero-order chi connectivity index (χ0) is 11.3. The van der Waals surface area contributed by atoms with E-state index in [-0.39, 0.29) is 6.61 Å². The van der Waals surface area contributed by atoms with Crippen molar-refractivity contribution in [1.82, 2.24) is 9.78 Å². The van der Waals surface area contributed by atoms with Gasteiger partial charge in [0.25, 0.3) is 0 Å². The van der Waals surface area contributed by atoms with Crippen LogP contribution in [0.1, 0.15) is 25.5 Å². The molecule has 0 bridgehead atoms. The Morgan fingerprint density at radius 2 is 2.27 bits per heavy atom.